The van der Waals surface area contributed by atoms with Crippen molar-refractivity contribution in [3.05, 3.63) is 0 Å². The maximum atomic E-state index is 5.63. The largest absolute Gasteiger partial charge is 0.393 e. The summed E-state index contributed by atoms with van der Waals surface area (Å²) in [6.45, 7) is 7.32. The van der Waals surface area contributed by atoms with Crippen LogP contribution in [0.3, 0.4) is 0 Å². The molecule has 0 aromatic heterocycles. The van der Waals surface area contributed by atoms with Crippen molar-refractivity contribution in [3.63, 3.8) is 0 Å². The number of hydrogen-bond acceptors (Lipinski definition) is 3. The van der Waals surface area contributed by atoms with Crippen molar-refractivity contribution in [1.29, 1.82) is 0 Å². The molecule has 0 aromatic carbocycles. The van der Waals surface area contributed by atoms with Gasteiger partial charge in [-0.1, -0.05) is 19.1 Å². The number of rotatable bonds is 4. The number of hydrogen-bond donors (Lipinski definition) is 1. The van der Waals surface area contributed by atoms with Gasteiger partial charge in [0.05, 0.1) is 10.6 Å². The maximum absolute atomic E-state index is 5.63. The van der Waals surface area contributed by atoms with Gasteiger partial charge in [0, 0.05) is 26.1 Å². The molecule has 1 heterocycles. The van der Waals surface area contributed by atoms with Crippen molar-refractivity contribution in [3.8, 4) is 0 Å². The van der Waals surface area contributed by atoms with Gasteiger partial charge in [0.2, 0.25) is 0 Å². The fourth-order valence-corrected chi connectivity index (χ4v) is 2.18. The summed E-state index contributed by atoms with van der Waals surface area (Å²) in [5.74, 6) is 0.291. The van der Waals surface area contributed by atoms with Crippen molar-refractivity contribution >= 4 is 17.2 Å². The van der Waals surface area contributed by atoms with Crippen LogP contribution >= 0.6 is 12.2 Å². The van der Waals surface area contributed by atoms with Crippen LogP contribution in [0.1, 0.15) is 26.7 Å². The van der Waals surface area contributed by atoms with Crippen molar-refractivity contribution < 1.29 is 4.74 Å². The van der Waals surface area contributed by atoms with Crippen LogP contribution in [0, 0.1) is 5.92 Å². The predicted molar refractivity (Wildman–Crippen MR) is 67.0 cm³/mol. The van der Waals surface area contributed by atoms with E-state index in [4.69, 9.17) is 22.7 Å². The lowest BCUT2D eigenvalue weighted by Crippen LogP contribution is -2.49. The van der Waals surface area contributed by atoms with Crippen LogP contribution < -0.4 is 5.73 Å². The molecule has 2 N–H and O–H groups in total. The first-order valence-corrected chi connectivity index (χ1v) is 5.94. The van der Waals surface area contributed by atoms with E-state index in [1.807, 2.05) is 0 Å². The first-order valence-electron chi connectivity index (χ1n) is 5.54. The summed E-state index contributed by atoms with van der Waals surface area (Å²) in [6.07, 6.45) is 2.33. The molecule has 0 amide bonds. The quantitative estimate of drug-likeness (QED) is 0.741. The predicted octanol–water partition coefficient (Wildman–Crippen LogP) is 1.41. The van der Waals surface area contributed by atoms with Crippen LogP contribution in [0.4, 0.5) is 0 Å². The maximum Gasteiger partial charge on any atom is 0.0777 e. The number of likely N-dealkylation sites (tertiary alicyclic amines) is 1. The van der Waals surface area contributed by atoms with Crippen LogP contribution in [0.5, 0.6) is 0 Å². The van der Waals surface area contributed by atoms with E-state index in [1.165, 1.54) is 6.42 Å². The second kappa shape index (κ2) is 5.23. The molecule has 1 saturated heterocycles. The number of ether oxygens (including phenoxy) is 1. The Hall–Kier alpha value is -0.190. The molecule has 0 spiro atoms. The highest BCUT2D eigenvalue weighted by Gasteiger charge is 2.31. The molecular formula is C11H22N2OS. The summed E-state index contributed by atoms with van der Waals surface area (Å²) in [6, 6.07) is 0. The van der Waals surface area contributed by atoms with Crippen LogP contribution in [0.15, 0.2) is 0 Å². The zero-order valence-corrected chi connectivity index (χ0v) is 10.8. The van der Waals surface area contributed by atoms with Gasteiger partial charge in [-0.3, -0.25) is 4.90 Å². The fraction of sp³-hybridized carbons (Fsp3) is 0.909. The van der Waals surface area contributed by atoms with Crippen LogP contribution in [0.25, 0.3) is 0 Å². The highest BCUT2D eigenvalue weighted by molar-refractivity contribution is 7.80. The van der Waals surface area contributed by atoms with Gasteiger partial charge in [-0.05, 0) is 26.3 Å². The van der Waals surface area contributed by atoms with Gasteiger partial charge in [-0.2, -0.15) is 0 Å². The van der Waals surface area contributed by atoms with Gasteiger partial charge in [0.1, 0.15) is 0 Å². The minimum absolute atomic E-state index is 0.00812. The Balaban J connectivity index is 2.46. The third-order valence-corrected chi connectivity index (χ3v) is 3.65. The van der Waals surface area contributed by atoms with E-state index in [2.05, 4.69) is 18.7 Å². The molecular weight excluding hydrogens is 208 g/mol. The average Bonchev–Trinajstić information content (AvgIpc) is 2.18. The SMILES string of the molecule is COC1(C)CCCN(CC(C)C(N)=S)C1. The zero-order valence-electron chi connectivity index (χ0n) is 9.95. The fourth-order valence-electron chi connectivity index (χ4n) is 2.11. The van der Waals surface area contributed by atoms with E-state index in [0.717, 1.165) is 26.1 Å². The zero-order chi connectivity index (χ0) is 11.5. The molecule has 2 atom stereocenters. The molecule has 1 fully saturated rings. The monoisotopic (exact) mass is 230 g/mol. The third kappa shape index (κ3) is 3.70. The number of piperidine rings is 1. The van der Waals surface area contributed by atoms with Crippen LogP contribution in [-0.4, -0.2) is 42.2 Å². The average molecular weight is 230 g/mol. The Bertz CT molecular complexity index is 235. The topological polar surface area (TPSA) is 38.5 Å². The Morgan fingerprint density at radius 3 is 2.87 bits per heavy atom. The highest BCUT2D eigenvalue weighted by Crippen LogP contribution is 2.24. The molecule has 1 aliphatic rings. The Labute approximate surface area is 98.0 Å². The van der Waals surface area contributed by atoms with E-state index in [9.17, 15) is 0 Å². The molecule has 0 radical (unpaired) electrons. The summed E-state index contributed by atoms with van der Waals surface area (Å²) < 4.78 is 5.55. The lowest BCUT2D eigenvalue weighted by atomic mass is 9.94. The highest BCUT2D eigenvalue weighted by atomic mass is 32.1. The smallest absolute Gasteiger partial charge is 0.0777 e. The summed E-state index contributed by atoms with van der Waals surface area (Å²) in [7, 11) is 1.79. The van der Waals surface area contributed by atoms with E-state index in [0.29, 0.717) is 10.9 Å². The van der Waals surface area contributed by atoms with Crippen LogP contribution in [-0.2, 0) is 4.74 Å². The molecule has 0 saturated carbocycles. The van der Waals surface area contributed by atoms with Gasteiger partial charge in [-0.15, -0.1) is 0 Å². The molecule has 0 aliphatic carbocycles. The minimum atomic E-state index is 0.00812. The van der Waals surface area contributed by atoms with Gasteiger partial charge in [-0.25, -0.2) is 0 Å². The molecule has 1 aliphatic heterocycles. The van der Waals surface area contributed by atoms with Gasteiger partial charge < -0.3 is 10.5 Å². The third-order valence-electron chi connectivity index (χ3n) is 3.25. The lowest BCUT2D eigenvalue weighted by Gasteiger charge is -2.40. The van der Waals surface area contributed by atoms with E-state index in [1.54, 1.807) is 7.11 Å². The summed E-state index contributed by atoms with van der Waals surface area (Å²) in [5, 5.41) is 0. The van der Waals surface area contributed by atoms with Crippen molar-refractivity contribution in [1.82, 2.24) is 4.90 Å². The second-order valence-electron chi connectivity index (χ2n) is 4.80. The Morgan fingerprint density at radius 2 is 2.33 bits per heavy atom. The Morgan fingerprint density at radius 1 is 1.67 bits per heavy atom. The second-order valence-corrected chi connectivity index (χ2v) is 5.27. The lowest BCUT2D eigenvalue weighted by molar-refractivity contribution is -0.0517. The van der Waals surface area contributed by atoms with Gasteiger partial charge >= 0.3 is 0 Å². The first-order chi connectivity index (χ1) is 6.97. The van der Waals surface area contributed by atoms with E-state index in [-0.39, 0.29) is 5.60 Å². The van der Waals surface area contributed by atoms with Crippen molar-refractivity contribution in [2.45, 2.75) is 32.3 Å². The molecule has 0 bridgehead atoms. The van der Waals surface area contributed by atoms with Crippen LogP contribution in [0.2, 0.25) is 0 Å². The molecule has 1 rings (SSSR count). The van der Waals surface area contributed by atoms with E-state index >= 15 is 0 Å². The van der Waals surface area contributed by atoms with Crippen molar-refractivity contribution in [2.75, 3.05) is 26.7 Å². The standard InChI is InChI=1S/C11H22N2OS/c1-9(10(12)15)7-13-6-4-5-11(2,8-13)14-3/h9H,4-8H2,1-3H3,(H2,12,15). The molecule has 88 valence electrons. The van der Waals surface area contributed by atoms with Gasteiger partial charge in [0.15, 0.2) is 0 Å². The molecule has 4 heteroatoms. The molecule has 0 aromatic rings. The number of thiocarbonyl (C=S) groups is 1. The van der Waals surface area contributed by atoms with Crippen molar-refractivity contribution in [2.24, 2.45) is 11.7 Å². The molecule has 2 unspecified atom stereocenters. The summed E-state index contributed by atoms with van der Waals surface area (Å²) in [5.41, 5.74) is 5.63. The normalized spacial score (nSPS) is 30.1. The minimum Gasteiger partial charge on any atom is -0.393 e. The van der Waals surface area contributed by atoms with Gasteiger partial charge in [0.25, 0.3) is 0 Å². The summed E-state index contributed by atoms with van der Waals surface area (Å²) in [4.78, 5) is 3.01. The first kappa shape index (κ1) is 12.9. The number of methoxy groups -OCH3 is 1. The molecule has 3 nitrogen and oxygen atoms in total. The van der Waals surface area contributed by atoms with E-state index < -0.39 is 0 Å². The summed E-state index contributed by atoms with van der Waals surface area (Å²) >= 11 is 4.99. The molecule has 15 heavy (non-hydrogen) atoms. The Kier molecular flexibility index (Phi) is 4.49. The number of nitrogens with two attached hydrogens (primary N) is 1. The number of nitrogens with zero attached hydrogens (tertiary/aromatic N) is 1.